The quantitative estimate of drug-likeness (QED) is 0.660. The summed E-state index contributed by atoms with van der Waals surface area (Å²) in [6.45, 7) is 0. The van der Waals surface area contributed by atoms with Gasteiger partial charge in [0.1, 0.15) is 0 Å². The van der Waals surface area contributed by atoms with Crippen LogP contribution >= 0.6 is 11.6 Å². The minimum atomic E-state index is -0.711. The summed E-state index contributed by atoms with van der Waals surface area (Å²) in [5.41, 5.74) is 0. The molecule has 0 spiro atoms. The van der Waals surface area contributed by atoms with Crippen molar-refractivity contribution in [3.05, 3.63) is 29.3 Å². The molecule has 0 amide bonds. The van der Waals surface area contributed by atoms with Gasteiger partial charge in [0.15, 0.2) is 0 Å². The van der Waals surface area contributed by atoms with Crippen LogP contribution in [0.15, 0.2) is 24.3 Å². The molecule has 0 bridgehead atoms. The third kappa shape index (κ3) is 4.66. The topological polar surface area (TPSA) is 37.3 Å². The number of carbonyl (C=O) groups is 1. The van der Waals surface area contributed by atoms with E-state index in [1.54, 1.807) is 0 Å². The molecule has 0 aliphatic rings. The first-order valence-corrected chi connectivity index (χ1v) is 6.73. The maximum atomic E-state index is 10.2. The van der Waals surface area contributed by atoms with Gasteiger partial charge in [-0.2, -0.15) is 0 Å². The van der Waals surface area contributed by atoms with E-state index >= 15 is 0 Å². The maximum absolute atomic E-state index is 10.2. The van der Waals surface area contributed by atoms with E-state index in [2.05, 4.69) is 0 Å². The van der Waals surface area contributed by atoms with Crippen molar-refractivity contribution in [3.63, 3.8) is 0 Å². The monoisotopic (exact) mass is 278 g/mol. The normalized spacial score (nSPS) is 10.1. The van der Waals surface area contributed by atoms with E-state index in [0.717, 1.165) is 16.8 Å². The number of rotatable bonds is 5. The molecule has 76 valence electrons. The minimum absolute atomic E-state index is 0.273. The van der Waals surface area contributed by atoms with Gasteiger partial charge in [-0.25, -0.2) is 0 Å². The molecule has 0 fully saturated rings. The van der Waals surface area contributed by atoms with Crippen molar-refractivity contribution in [3.8, 4) is 0 Å². The molecular formula is C10H11ClO2Se. The number of carboxylic acid groups (broad SMARTS) is 1. The van der Waals surface area contributed by atoms with Crippen molar-refractivity contribution in [2.24, 2.45) is 0 Å². The Kier molecular flexibility index (Phi) is 5.02. The van der Waals surface area contributed by atoms with E-state index < -0.39 is 5.97 Å². The fourth-order valence-corrected chi connectivity index (χ4v) is 2.86. The Labute approximate surface area is 94.4 Å². The van der Waals surface area contributed by atoms with Crippen LogP contribution < -0.4 is 4.46 Å². The zero-order chi connectivity index (χ0) is 10.4. The molecule has 0 aliphatic heterocycles. The standard InChI is InChI=1S/C10H11ClO2Se/c11-8-3-5-9(6-4-8)14-7-1-2-10(12)13/h3-6H,1-2,7H2,(H,12,13). The Morgan fingerprint density at radius 1 is 1.36 bits per heavy atom. The average Bonchev–Trinajstić information content (AvgIpc) is 2.15. The molecule has 2 nitrogen and oxygen atoms in total. The van der Waals surface area contributed by atoms with Gasteiger partial charge in [-0.3, -0.25) is 0 Å². The predicted octanol–water partition coefficient (Wildman–Crippen LogP) is 1.95. The summed E-state index contributed by atoms with van der Waals surface area (Å²) >= 11 is 6.12. The third-order valence-electron chi connectivity index (χ3n) is 1.62. The van der Waals surface area contributed by atoms with Crippen molar-refractivity contribution in [1.82, 2.24) is 0 Å². The number of aliphatic carboxylic acids is 1. The Morgan fingerprint density at radius 3 is 2.57 bits per heavy atom. The molecule has 0 aliphatic carbocycles. The fraction of sp³-hybridized carbons (Fsp3) is 0.300. The van der Waals surface area contributed by atoms with E-state index in [1.165, 1.54) is 4.46 Å². The van der Waals surface area contributed by atoms with E-state index in [1.807, 2.05) is 24.3 Å². The molecule has 1 N–H and O–H groups in total. The SMILES string of the molecule is O=C(O)CCC[Se]c1ccc(Cl)cc1. The summed E-state index contributed by atoms with van der Waals surface area (Å²) in [5.74, 6) is -0.711. The Morgan fingerprint density at radius 2 is 2.00 bits per heavy atom. The first-order valence-electron chi connectivity index (χ1n) is 4.28. The second kappa shape index (κ2) is 6.07. The van der Waals surface area contributed by atoms with Crippen LogP contribution in [0, 0.1) is 0 Å². The van der Waals surface area contributed by atoms with Crippen LogP contribution in [0.5, 0.6) is 0 Å². The van der Waals surface area contributed by atoms with Crippen LogP contribution in [0.4, 0.5) is 0 Å². The second-order valence-electron chi connectivity index (χ2n) is 2.80. The third-order valence-corrected chi connectivity index (χ3v) is 4.17. The van der Waals surface area contributed by atoms with Crippen LogP contribution in [-0.4, -0.2) is 26.0 Å². The molecule has 0 saturated heterocycles. The van der Waals surface area contributed by atoms with Gasteiger partial charge in [-0.05, 0) is 0 Å². The molecule has 1 rings (SSSR count). The number of hydrogen-bond donors (Lipinski definition) is 1. The summed E-state index contributed by atoms with van der Waals surface area (Å²) in [4.78, 5) is 10.2. The van der Waals surface area contributed by atoms with Gasteiger partial charge in [0.2, 0.25) is 0 Å². The van der Waals surface area contributed by atoms with Gasteiger partial charge in [-0.1, -0.05) is 0 Å². The molecule has 0 saturated carbocycles. The molecular weight excluding hydrogens is 267 g/mol. The molecule has 0 unspecified atom stereocenters. The van der Waals surface area contributed by atoms with Crippen molar-refractivity contribution in [2.75, 3.05) is 0 Å². The number of halogens is 1. The molecule has 1 aromatic carbocycles. The van der Waals surface area contributed by atoms with Gasteiger partial charge in [0.05, 0.1) is 0 Å². The van der Waals surface area contributed by atoms with Gasteiger partial charge in [0.25, 0.3) is 0 Å². The number of carboxylic acids is 1. The Hall–Kier alpha value is -0.501. The van der Waals surface area contributed by atoms with Crippen molar-refractivity contribution >= 4 is 37.0 Å². The van der Waals surface area contributed by atoms with Gasteiger partial charge in [0, 0.05) is 0 Å². The summed E-state index contributed by atoms with van der Waals surface area (Å²) < 4.78 is 1.27. The summed E-state index contributed by atoms with van der Waals surface area (Å²) in [6, 6.07) is 7.75. The van der Waals surface area contributed by atoms with Crippen LogP contribution in [0.3, 0.4) is 0 Å². The Bertz CT molecular complexity index is 297. The van der Waals surface area contributed by atoms with Crippen LogP contribution in [0.1, 0.15) is 12.8 Å². The molecule has 14 heavy (non-hydrogen) atoms. The van der Waals surface area contributed by atoms with Gasteiger partial charge >= 0.3 is 94.3 Å². The second-order valence-corrected chi connectivity index (χ2v) is 5.69. The zero-order valence-corrected chi connectivity index (χ0v) is 10.0. The summed E-state index contributed by atoms with van der Waals surface area (Å²) in [5, 5.41) is 10.2. The molecule has 1 aromatic rings. The first-order chi connectivity index (χ1) is 6.68. The van der Waals surface area contributed by atoms with Crippen LogP contribution in [-0.2, 0) is 4.79 Å². The zero-order valence-electron chi connectivity index (χ0n) is 7.57. The van der Waals surface area contributed by atoms with Crippen molar-refractivity contribution in [1.29, 1.82) is 0 Å². The average molecular weight is 278 g/mol. The molecule has 0 radical (unpaired) electrons. The summed E-state index contributed by atoms with van der Waals surface area (Å²) in [7, 11) is 0. The first kappa shape index (κ1) is 11.6. The molecule has 0 atom stereocenters. The van der Waals surface area contributed by atoms with Crippen molar-refractivity contribution < 1.29 is 9.90 Å². The van der Waals surface area contributed by atoms with E-state index in [4.69, 9.17) is 16.7 Å². The number of hydrogen-bond acceptors (Lipinski definition) is 1. The molecule has 0 aromatic heterocycles. The van der Waals surface area contributed by atoms with Crippen LogP contribution in [0.2, 0.25) is 10.3 Å². The van der Waals surface area contributed by atoms with Gasteiger partial charge in [-0.15, -0.1) is 0 Å². The molecule has 0 heterocycles. The summed E-state index contributed by atoms with van der Waals surface area (Å²) in [6.07, 6.45) is 1.04. The molecule has 4 heteroatoms. The van der Waals surface area contributed by atoms with E-state index in [-0.39, 0.29) is 6.42 Å². The van der Waals surface area contributed by atoms with E-state index in [9.17, 15) is 4.79 Å². The van der Waals surface area contributed by atoms with E-state index in [0.29, 0.717) is 15.0 Å². The number of benzene rings is 1. The Balaban J connectivity index is 2.25. The fourth-order valence-electron chi connectivity index (χ4n) is 0.944. The van der Waals surface area contributed by atoms with Gasteiger partial charge < -0.3 is 0 Å². The van der Waals surface area contributed by atoms with Crippen LogP contribution in [0.25, 0.3) is 0 Å². The predicted molar refractivity (Wildman–Crippen MR) is 58.5 cm³/mol. The van der Waals surface area contributed by atoms with Crippen molar-refractivity contribution in [2.45, 2.75) is 18.2 Å².